The van der Waals surface area contributed by atoms with Crippen LogP contribution in [0, 0.1) is 0 Å². The van der Waals surface area contributed by atoms with E-state index < -0.39 is 0 Å². The molecule has 4 heteroatoms. The van der Waals surface area contributed by atoms with Crippen molar-refractivity contribution in [2.75, 3.05) is 18.2 Å². The Balaban J connectivity index is 2.09. The predicted octanol–water partition coefficient (Wildman–Crippen LogP) is 3.28. The van der Waals surface area contributed by atoms with E-state index in [4.69, 9.17) is 11.6 Å². The molecule has 2 fully saturated rings. The second-order valence-electron chi connectivity index (χ2n) is 5.34. The number of hydrogen-bond acceptors (Lipinski definition) is 2. The number of likely N-dealkylation sites (tertiary alicyclic amines) is 1. The third-order valence-corrected chi connectivity index (χ3v) is 5.85. The molecule has 0 N–H and O–H groups in total. The maximum atomic E-state index is 12.7. The SMILES string of the molecule is CC1(C(=O)N2CCCCCC2CCl)CCCS1. The highest BCUT2D eigenvalue weighted by atomic mass is 35.5. The van der Waals surface area contributed by atoms with Gasteiger partial charge in [-0.15, -0.1) is 23.4 Å². The molecule has 2 unspecified atom stereocenters. The van der Waals surface area contributed by atoms with Crippen LogP contribution in [0.1, 0.15) is 45.4 Å². The van der Waals surface area contributed by atoms with Crippen LogP contribution in [0.2, 0.25) is 0 Å². The van der Waals surface area contributed by atoms with Crippen LogP contribution >= 0.6 is 23.4 Å². The minimum absolute atomic E-state index is 0.172. The van der Waals surface area contributed by atoms with Crippen molar-refractivity contribution in [2.24, 2.45) is 0 Å². The van der Waals surface area contributed by atoms with E-state index in [1.807, 2.05) is 11.8 Å². The van der Waals surface area contributed by atoms with Gasteiger partial charge in [0.05, 0.1) is 4.75 Å². The molecule has 2 rings (SSSR count). The molecule has 0 spiro atoms. The number of thioether (sulfide) groups is 1. The van der Waals surface area contributed by atoms with Crippen molar-refractivity contribution in [1.29, 1.82) is 0 Å². The maximum Gasteiger partial charge on any atom is 0.238 e. The molecule has 0 aliphatic carbocycles. The Morgan fingerprint density at radius 2 is 2.24 bits per heavy atom. The average molecular weight is 276 g/mol. The number of alkyl halides is 1. The highest BCUT2D eigenvalue weighted by Crippen LogP contribution is 2.40. The predicted molar refractivity (Wildman–Crippen MR) is 74.8 cm³/mol. The Morgan fingerprint density at radius 3 is 2.88 bits per heavy atom. The van der Waals surface area contributed by atoms with Crippen LogP contribution in [0.25, 0.3) is 0 Å². The summed E-state index contributed by atoms with van der Waals surface area (Å²) in [6.07, 6.45) is 6.87. The van der Waals surface area contributed by atoms with Crippen LogP contribution in [-0.2, 0) is 4.79 Å². The first kappa shape index (κ1) is 13.5. The minimum Gasteiger partial charge on any atom is -0.337 e. The number of carbonyl (C=O) groups excluding carboxylic acids is 1. The normalized spacial score (nSPS) is 34.7. The summed E-state index contributed by atoms with van der Waals surface area (Å²) >= 11 is 7.87. The monoisotopic (exact) mass is 275 g/mol. The number of rotatable bonds is 2. The van der Waals surface area contributed by atoms with Gasteiger partial charge in [0.1, 0.15) is 0 Å². The number of nitrogens with zero attached hydrogens (tertiary/aromatic N) is 1. The summed E-state index contributed by atoms with van der Waals surface area (Å²) in [4.78, 5) is 14.8. The van der Waals surface area contributed by atoms with Crippen LogP contribution in [-0.4, -0.2) is 39.8 Å². The minimum atomic E-state index is -0.172. The zero-order chi connectivity index (χ0) is 12.3. The van der Waals surface area contributed by atoms with E-state index in [1.54, 1.807) is 0 Å². The standard InChI is InChI=1S/C13H22ClNOS/c1-13(7-5-9-17-13)12(16)15-8-4-2-3-6-11(15)10-14/h11H,2-10H2,1H3. The van der Waals surface area contributed by atoms with Crippen LogP contribution in [0.4, 0.5) is 0 Å². The van der Waals surface area contributed by atoms with Crippen molar-refractivity contribution in [3.8, 4) is 0 Å². The third-order valence-electron chi connectivity index (χ3n) is 3.99. The molecule has 0 radical (unpaired) electrons. The van der Waals surface area contributed by atoms with Gasteiger partial charge in [0.2, 0.25) is 5.91 Å². The quantitative estimate of drug-likeness (QED) is 0.721. The highest BCUT2D eigenvalue weighted by Gasteiger charge is 2.41. The molecule has 17 heavy (non-hydrogen) atoms. The van der Waals surface area contributed by atoms with E-state index in [9.17, 15) is 4.79 Å². The van der Waals surface area contributed by atoms with Gasteiger partial charge in [-0.2, -0.15) is 0 Å². The van der Waals surface area contributed by atoms with Gasteiger partial charge in [-0.25, -0.2) is 0 Å². The van der Waals surface area contributed by atoms with Gasteiger partial charge in [-0.05, 0) is 38.4 Å². The molecule has 0 aromatic carbocycles. The van der Waals surface area contributed by atoms with E-state index in [0.29, 0.717) is 11.8 Å². The first-order valence-corrected chi connectivity index (χ1v) is 8.20. The summed E-state index contributed by atoms with van der Waals surface area (Å²) in [7, 11) is 0. The molecule has 2 atom stereocenters. The van der Waals surface area contributed by atoms with Crippen LogP contribution in [0.3, 0.4) is 0 Å². The van der Waals surface area contributed by atoms with Gasteiger partial charge in [0.25, 0.3) is 0 Å². The van der Waals surface area contributed by atoms with Crippen LogP contribution < -0.4 is 0 Å². The largest absolute Gasteiger partial charge is 0.337 e. The van der Waals surface area contributed by atoms with Crippen molar-refractivity contribution >= 4 is 29.3 Å². The van der Waals surface area contributed by atoms with E-state index in [2.05, 4.69) is 11.8 Å². The number of amides is 1. The smallest absolute Gasteiger partial charge is 0.238 e. The Morgan fingerprint density at radius 1 is 1.41 bits per heavy atom. The van der Waals surface area contributed by atoms with E-state index in [-0.39, 0.29) is 10.8 Å². The Kier molecular flexibility index (Phi) is 4.65. The van der Waals surface area contributed by atoms with E-state index >= 15 is 0 Å². The molecule has 0 bridgehead atoms. The molecule has 2 heterocycles. The summed E-state index contributed by atoms with van der Waals surface area (Å²) in [6.45, 7) is 3.02. The average Bonchev–Trinajstić information content (AvgIpc) is 2.65. The topological polar surface area (TPSA) is 20.3 Å². The second-order valence-corrected chi connectivity index (χ2v) is 7.25. The summed E-state index contributed by atoms with van der Waals surface area (Å²) in [5.41, 5.74) is 0. The lowest BCUT2D eigenvalue weighted by Crippen LogP contribution is -2.49. The third kappa shape index (κ3) is 2.93. The molecule has 0 aromatic rings. The molecule has 0 saturated carbocycles. The molecular formula is C13H22ClNOS. The second kappa shape index (κ2) is 5.83. The molecule has 2 nitrogen and oxygen atoms in total. The summed E-state index contributed by atoms with van der Waals surface area (Å²) in [6, 6.07) is 0.268. The van der Waals surface area contributed by atoms with Gasteiger partial charge in [0.15, 0.2) is 0 Å². The molecular weight excluding hydrogens is 254 g/mol. The van der Waals surface area contributed by atoms with Crippen LogP contribution in [0.15, 0.2) is 0 Å². The van der Waals surface area contributed by atoms with Crippen molar-refractivity contribution in [3.63, 3.8) is 0 Å². The van der Waals surface area contributed by atoms with Gasteiger partial charge >= 0.3 is 0 Å². The number of carbonyl (C=O) groups is 1. The zero-order valence-corrected chi connectivity index (χ0v) is 12.2. The first-order valence-electron chi connectivity index (χ1n) is 6.68. The van der Waals surface area contributed by atoms with Crippen LogP contribution in [0.5, 0.6) is 0 Å². The van der Waals surface area contributed by atoms with Crippen molar-refractivity contribution in [3.05, 3.63) is 0 Å². The molecule has 2 aliphatic rings. The fourth-order valence-corrected chi connectivity index (χ4v) is 4.45. The van der Waals surface area contributed by atoms with Crippen molar-refractivity contribution in [2.45, 2.75) is 56.2 Å². The van der Waals surface area contributed by atoms with Gasteiger partial charge in [0, 0.05) is 18.5 Å². The first-order chi connectivity index (χ1) is 8.17. The summed E-state index contributed by atoms with van der Waals surface area (Å²) in [5.74, 6) is 2.06. The lowest BCUT2D eigenvalue weighted by atomic mass is 10.0. The molecule has 0 aromatic heterocycles. The Labute approximate surface area is 113 Å². The van der Waals surface area contributed by atoms with E-state index in [1.165, 1.54) is 19.3 Å². The Bertz CT molecular complexity index is 279. The highest BCUT2D eigenvalue weighted by molar-refractivity contribution is 8.01. The number of halogens is 1. The molecule has 2 saturated heterocycles. The lowest BCUT2D eigenvalue weighted by Gasteiger charge is -2.35. The maximum absolute atomic E-state index is 12.7. The molecule has 98 valence electrons. The van der Waals surface area contributed by atoms with Gasteiger partial charge in [-0.3, -0.25) is 4.79 Å². The molecule has 2 aliphatic heterocycles. The van der Waals surface area contributed by atoms with Crippen molar-refractivity contribution in [1.82, 2.24) is 4.90 Å². The lowest BCUT2D eigenvalue weighted by molar-refractivity contribution is -0.135. The summed E-state index contributed by atoms with van der Waals surface area (Å²) in [5, 5.41) is 0. The number of hydrogen-bond donors (Lipinski definition) is 0. The van der Waals surface area contributed by atoms with Gasteiger partial charge in [-0.1, -0.05) is 12.8 Å². The Hall–Kier alpha value is 0.110. The van der Waals surface area contributed by atoms with Crippen molar-refractivity contribution < 1.29 is 4.79 Å². The van der Waals surface area contributed by atoms with E-state index in [0.717, 1.165) is 31.6 Å². The summed E-state index contributed by atoms with van der Waals surface area (Å²) < 4.78 is -0.172. The molecule has 1 amide bonds. The van der Waals surface area contributed by atoms with Gasteiger partial charge < -0.3 is 4.90 Å². The fourth-order valence-electron chi connectivity index (χ4n) is 2.86. The zero-order valence-electron chi connectivity index (χ0n) is 10.6. The fraction of sp³-hybridized carbons (Fsp3) is 0.923.